The molecule has 26 heavy (non-hydrogen) atoms. The van der Waals surface area contributed by atoms with Crippen LogP contribution in [0, 0.1) is 17.3 Å². The van der Waals surface area contributed by atoms with Crippen LogP contribution in [-0.2, 0) is 14.2 Å². The van der Waals surface area contributed by atoms with Crippen molar-refractivity contribution in [2.24, 2.45) is 17.3 Å². The Morgan fingerprint density at radius 2 is 1.27 bits per heavy atom. The van der Waals surface area contributed by atoms with Crippen LogP contribution in [-0.4, -0.2) is 57.9 Å². The van der Waals surface area contributed by atoms with Gasteiger partial charge in [-0.2, -0.15) is 0 Å². The third kappa shape index (κ3) is 5.10. The first-order valence-electron chi connectivity index (χ1n) is 9.56. The molecule has 3 rings (SSSR count). The Kier molecular flexibility index (Phi) is 8.04. The minimum absolute atomic E-state index is 0.225. The number of alkyl halides is 4. The van der Waals surface area contributed by atoms with Crippen LogP contribution in [0.4, 0.5) is 0 Å². The van der Waals surface area contributed by atoms with Gasteiger partial charge in [-0.25, -0.2) is 0 Å². The topological polar surface area (TPSA) is 31.0 Å². The van der Waals surface area contributed by atoms with E-state index in [1.807, 2.05) is 7.11 Å². The van der Waals surface area contributed by atoms with Crippen LogP contribution in [0.3, 0.4) is 0 Å². The molecule has 1 heterocycles. The molecule has 3 aliphatic rings. The van der Waals surface area contributed by atoms with Crippen molar-refractivity contribution in [2.45, 2.75) is 77.2 Å². The summed E-state index contributed by atoms with van der Waals surface area (Å²) >= 11 is 15.6. The van der Waals surface area contributed by atoms with Gasteiger partial charge < -0.3 is 14.2 Å². The fourth-order valence-electron chi connectivity index (χ4n) is 4.70. The Bertz CT molecular complexity index is 450. The predicted octanol–water partition coefficient (Wildman–Crippen LogP) is 5.69. The molecule has 0 amide bonds. The molecule has 0 N–H and O–H groups in total. The summed E-state index contributed by atoms with van der Waals surface area (Å²) < 4.78 is 17.1. The molecule has 0 bridgehead atoms. The highest BCUT2D eigenvalue weighted by Crippen LogP contribution is 2.52. The zero-order chi connectivity index (χ0) is 19.1. The monoisotopic (exact) mass is 622 g/mol. The van der Waals surface area contributed by atoms with Gasteiger partial charge in [0.1, 0.15) is 6.10 Å². The lowest BCUT2D eigenvalue weighted by Crippen LogP contribution is -2.50. The molecule has 5 atom stereocenters. The SMILES string of the molecule is COC1C(Br)CC(C(C)(C)C2CC(Br)C(OCC3CO3)C(Br)C2)CC1Br. The van der Waals surface area contributed by atoms with Crippen molar-refractivity contribution in [3.05, 3.63) is 0 Å². The van der Waals surface area contributed by atoms with Gasteiger partial charge in [0.15, 0.2) is 0 Å². The Morgan fingerprint density at radius 3 is 1.65 bits per heavy atom. The first-order chi connectivity index (χ1) is 12.2. The molecule has 0 spiro atoms. The summed E-state index contributed by atoms with van der Waals surface area (Å²) in [6.07, 6.45) is 5.47. The lowest BCUT2D eigenvalue weighted by atomic mass is 9.60. The first-order valence-corrected chi connectivity index (χ1v) is 13.2. The minimum Gasteiger partial charge on any atom is -0.379 e. The summed E-state index contributed by atoms with van der Waals surface area (Å²) in [6.45, 7) is 6.51. The van der Waals surface area contributed by atoms with E-state index in [2.05, 4.69) is 77.6 Å². The Hall–Kier alpha value is 1.80. The van der Waals surface area contributed by atoms with E-state index >= 15 is 0 Å². The summed E-state index contributed by atoms with van der Waals surface area (Å²) in [6, 6.07) is 0. The molecule has 0 aromatic rings. The zero-order valence-corrected chi connectivity index (χ0v) is 22.0. The van der Waals surface area contributed by atoms with Gasteiger partial charge in [-0.05, 0) is 42.9 Å². The van der Waals surface area contributed by atoms with Crippen LogP contribution in [0.25, 0.3) is 0 Å². The normalized spacial score (nSPS) is 47.0. The molecular formula is C19H30Br4O3. The smallest absolute Gasteiger partial charge is 0.104 e. The van der Waals surface area contributed by atoms with Crippen molar-refractivity contribution < 1.29 is 14.2 Å². The Balaban J connectivity index is 1.62. The quantitative estimate of drug-likeness (QED) is 0.281. The van der Waals surface area contributed by atoms with Gasteiger partial charge in [-0.15, -0.1) is 0 Å². The Morgan fingerprint density at radius 1 is 0.846 bits per heavy atom. The van der Waals surface area contributed by atoms with E-state index in [0.717, 1.165) is 26.1 Å². The van der Waals surface area contributed by atoms with Gasteiger partial charge in [0.2, 0.25) is 0 Å². The zero-order valence-electron chi connectivity index (χ0n) is 15.7. The summed E-state index contributed by atoms with van der Waals surface area (Å²) in [7, 11) is 1.82. The number of rotatable bonds is 6. The van der Waals surface area contributed by atoms with Crippen LogP contribution in [0.1, 0.15) is 39.5 Å². The van der Waals surface area contributed by atoms with Crippen molar-refractivity contribution in [3.8, 4) is 0 Å². The molecule has 1 aliphatic heterocycles. The predicted molar refractivity (Wildman–Crippen MR) is 120 cm³/mol. The molecule has 3 fully saturated rings. The maximum absolute atomic E-state index is 6.15. The van der Waals surface area contributed by atoms with Gasteiger partial charge in [0, 0.05) is 26.4 Å². The summed E-state index contributed by atoms with van der Waals surface area (Å²) in [5.74, 6) is 1.33. The fourth-order valence-corrected chi connectivity index (χ4v) is 9.54. The van der Waals surface area contributed by atoms with Crippen molar-refractivity contribution in [1.29, 1.82) is 0 Å². The Labute approximate surface area is 191 Å². The molecular weight excluding hydrogens is 596 g/mol. The van der Waals surface area contributed by atoms with Gasteiger partial charge in [0.05, 0.1) is 25.4 Å². The number of methoxy groups -OCH3 is 1. The van der Waals surface area contributed by atoms with Crippen molar-refractivity contribution in [1.82, 2.24) is 0 Å². The lowest BCUT2D eigenvalue weighted by Gasteiger charge is -2.50. The molecule has 1 saturated heterocycles. The van der Waals surface area contributed by atoms with Crippen LogP contribution >= 0.6 is 63.7 Å². The van der Waals surface area contributed by atoms with E-state index in [4.69, 9.17) is 14.2 Å². The molecule has 152 valence electrons. The number of hydrogen-bond acceptors (Lipinski definition) is 3. The summed E-state index contributed by atoms with van der Waals surface area (Å²) in [4.78, 5) is 1.59. The standard InChI is InChI=1S/C19H30Br4O3/c1-19(2,10-4-13(20)17(24-3)14(21)5-10)11-6-15(22)18(16(23)7-11)26-9-12-8-25-12/h10-18H,4-9H2,1-3H3. The summed E-state index contributed by atoms with van der Waals surface area (Å²) in [5.41, 5.74) is 0.277. The third-order valence-electron chi connectivity index (χ3n) is 6.72. The van der Waals surface area contributed by atoms with E-state index in [1.54, 1.807) is 0 Å². The highest BCUT2D eigenvalue weighted by atomic mass is 79.9. The van der Waals surface area contributed by atoms with Gasteiger partial charge in [-0.1, -0.05) is 77.6 Å². The molecule has 2 saturated carbocycles. The maximum atomic E-state index is 6.15. The molecule has 0 aromatic heterocycles. The first kappa shape index (κ1) is 22.5. The lowest BCUT2D eigenvalue weighted by molar-refractivity contribution is -0.0179. The average Bonchev–Trinajstić information content (AvgIpc) is 3.37. The average molecular weight is 626 g/mol. The molecule has 7 heteroatoms. The minimum atomic E-state index is 0.225. The molecule has 5 unspecified atom stereocenters. The van der Waals surface area contributed by atoms with Crippen molar-refractivity contribution >= 4 is 63.7 Å². The highest BCUT2D eigenvalue weighted by molar-refractivity contribution is 9.10. The number of epoxide rings is 1. The van der Waals surface area contributed by atoms with Crippen LogP contribution < -0.4 is 0 Å². The largest absolute Gasteiger partial charge is 0.379 e. The number of hydrogen-bond donors (Lipinski definition) is 0. The van der Waals surface area contributed by atoms with E-state index in [-0.39, 0.29) is 17.6 Å². The van der Waals surface area contributed by atoms with Crippen molar-refractivity contribution in [3.63, 3.8) is 0 Å². The molecule has 0 radical (unpaired) electrons. The summed E-state index contributed by atoms with van der Waals surface area (Å²) in [5, 5.41) is 0. The second-order valence-electron chi connectivity index (χ2n) is 8.68. The highest BCUT2D eigenvalue weighted by Gasteiger charge is 2.48. The van der Waals surface area contributed by atoms with Gasteiger partial charge >= 0.3 is 0 Å². The maximum Gasteiger partial charge on any atom is 0.104 e. The van der Waals surface area contributed by atoms with Crippen LogP contribution in [0.2, 0.25) is 0 Å². The van der Waals surface area contributed by atoms with E-state index < -0.39 is 0 Å². The van der Waals surface area contributed by atoms with Gasteiger partial charge in [0.25, 0.3) is 0 Å². The van der Waals surface area contributed by atoms with Crippen LogP contribution in [0.15, 0.2) is 0 Å². The van der Waals surface area contributed by atoms with E-state index in [0.29, 0.717) is 37.2 Å². The van der Waals surface area contributed by atoms with E-state index in [1.165, 1.54) is 12.8 Å². The van der Waals surface area contributed by atoms with Crippen molar-refractivity contribution in [2.75, 3.05) is 20.3 Å². The van der Waals surface area contributed by atoms with Crippen LogP contribution in [0.5, 0.6) is 0 Å². The van der Waals surface area contributed by atoms with E-state index in [9.17, 15) is 0 Å². The number of halogens is 4. The second kappa shape index (κ2) is 9.30. The molecule has 2 aliphatic carbocycles. The number of ether oxygens (including phenoxy) is 3. The van der Waals surface area contributed by atoms with Gasteiger partial charge in [-0.3, -0.25) is 0 Å². The molecule has 0 aromatic carbocycles. The fraction of sp³-hybridized carbons (Fsp3) is 1.00. The third-order valence-corrected chi connectivity index (χ3v) is 10.3. The second-order valence-corrected chi connectivity index (χ2v) is 13.4. The molecule has 3 nitrogen and oxygen atoms in total.